The second-order valence-corrected chi connectivity index (χ2v) is 8.15. The van der Waals surface area contributed by atoms with Crippen molar-refractivity contribution in [2.45, 2.75) is 39.3 Å². The molecule has 8 heteroatoms. The Morgan fingerprint density at radius 3 is 2.43 bits per heavy atom. The van der Waals surface area contributed by atoms with Gasteiger partial charge in [0.15, 0.2) is 0 Å². The van der Waals surface area contributed by atoms with E-state index in [9.17, 15) is 19.2 Å². The van der Waals surface area contributed by atoms with Gasteiger partial charge in [0.25, 0.3) is 5.91 Å². The third kappa shape index (κ3) is 4.16. The molecule has 1 aromatic carbocycles. The average molecular weight is 387 g/mol. The smallest absolute Gasteiger partial charge is 0.327 e. The highest BCUT2D eigenvalue weighted by Crippen LogP contribution is 2.28. The minimum absolute atomic E-state index is 0.0852. The number of imide groups is 1. The van der Waals surface area contributed by atoms with Crippen LogP contribution in [0.4, 0.5) is 4.79 Å². The molecule has 0 spiro atoms. The van der Waals surface area contributed by atoms with E-state index in [2.05, 4.69) is 0 Å². The Balaban J connectivity index is 1.66. The van der Waals surface area contributed by atoms with Crippen LogP contribution < -0.4 is 0 Å². The van der Waals surface area contributed by atoms with E-state index in [-0.39, 0.29) is 43.8 Å². The van der Waals surface area contributed by atoms with E-state index in [4.69, 9.17) is 5.11 Å². The summed E-state index contributed by atoms with van der Waals surface area (Å²) in [4.78, 5) is 53.4. The maximum atomic E-state index is 12.8. The van der Waals surface area contributed by atoms with Crippen LogP contribution in [0.3, 0.4) is 0 Å². The fraction of sp³-hybridized carbons (Fsp3) is 0.500. The van der Waals surface area contributed by atoms with Crippen LogP contribution in [0, 0.1) is 5.41 Å². The molecule has 1 atom stereocenters. The zero-order valence-corrected chi connectivity index (χ0v) is 16.1. The highest BCUT2D eigenvalue weighted by Gasteiger charge is 2.48. The Morgan fingerprint density at radius 2 is 1.79 bits per heavy atom. The molecule has 2 aliphatic heterocycles. The number of rotatable bonds is 6. The summed E-state index contributed by atoms with van der Waals surface area (Å²) in [6.07, 6.45) is -0.0215. The molecule has 4 amide bonds. The molecule has 0 aromatic heterocycles. The van der Waals surface area contributed by atoms with E-state index in [0.29, 0.717) is 13.1 Å². The van der Waals surface area contributed by atoms with Gasteiger partial charge in [0.2, 0.25) is 5.91 Å². The van der Waals surface area contributed by atoms with E-state index < -0.39 is 17.4 Å². The SMILES string of the molecule is CC(C)(CC(=O)O)CC(=O)N1CCN2C(=O)N(Cc3ccccc3)C(=O)C2C1. The number of carboxylic acid groups (broad SMARTS) is 1. The molecule has 0 radical (unpaired) electrons. The lowest BCUT2D eigenvalue weighted by Crippen LogP contribution is -2.55. The van der Waals surface area contributed by atoms with Crippen molar-refractivity contribution in [3.8, 4) is 0 Å². The maximum Gasteiger partial charge on any atom is 0.327 e. The number of benzene rings is 1. The molecule has 2 fully saturated rings. The topological polar surface area (TPSA) is 98.2 Å². The Kier molecular flexibility index (Phi) is 5.40. The van der Waals surface area contributed by atoms with Gasteiger partial charge in [-0.15, -0.1) is 0 Å². The number of nitrogens with zero attached hydrogens (tertiary/aromatic N) is 3. The van der Waals surface area contributed by atoms with Crippen molar-refractivity contribution < 1.29 is 24.3 Å². The van der Waals surface area contributed by atoms with E-state index in [1.807, 2.05) is 30.3 Å². The van der Waals surface area contributed by atoms with Crippen LogP contribution in [0.15, 0.2) is 30.3 Å². The number of urea groups is 1. The number of fused-ring (bicyclic) bond motifs is 1. The molecule has 1 aromatic rings. The average Bonchev–Trinajstić information content (AvgIpc) is 2.85. The van der Waals surface area contributed by atoms with Crippen LogP contribution in [0.1, 0.15) is 32.3 Å². The number of carboxylic acids is 1. The number of piperazine rings is 1. The lowest BCUT2D eigenvalue weighted by Gasteiger charge is -2.36. The van der Waals surface area contributed by atoms with Gasteiger partial charge in [-0.3, -0.25) is 19.3 Å². The first-order chi connectivity index (χ1) is 13.2. The van der Waals surface area contributed by atoms with Gasteiger partial charge >= 0.3 is 12.0 Å². The molecule has 1 unspecified atom stereocenters. The second kappa shape index (κ2) is 7.61. The fourth-order valence-corrected chi connectivity index (χ4v) is 3.78. The first kappa shape index (κ1) is 19.9. The first-order valence-corrected chi connectivity index (χ1v) is 9.33. The summed E-state index contributed by atoms with van der Waals surface area (Å²) in [6, 6.07) is 8.31. The van der Waals surface area contributed by atoms with E-state index >= 15 is 0 Å². The molecule has 2 heterocycles. The Bertz CT molecular complexity index is 792. The van der Waals surface area contributed by atoms with Crippen LogP contribution >= 0.6 is 0 Å². The Hall–Kier alpha value is -2.90. The molecule has 3 rings (SSSR count). The summed E-state index contributed by atoms with van der Waals surface area (Å²) in [5.41, 5.74) is 0.196. The van der Waals surface area contributed by atoms with Gasteiger partial charge in [-0.1, -0.05) is 44.2 Å². The minimum atomic E-state index is -0.948. The normalized spacial score (nSPS) is 19.8. The van der Waals surface area contributed by atoms with E-state index in [1.165, 1.54) is 9.80 Å². The number of amides is 4. The van der Waals surface area contributed by atoms with Crippen LogP contribution in [-0.2, 0) is 20.9 Å². The molecule has 28 heavy (non-hydrogen) atoms. The number of aliphatic carboxylic acids is 1. The van der Waals surface area contributed by atoms with Gasteiger partial charge < -0.3 is 14.9 Å². The third-order valence-corrected chi connectivity index (χ3v) is 5.20. The molecule has 0 aliphatic carbocycles. The zero-order valence-electron chi connectivity index (χ0n) is 16.1. The first-order valence-electron chi connectivity index (χ1n) is 9.33. The van der Waals surface area contributed by atoms with E-state index in [1.54, 1.807) is 18.7 Å². The summed E-state index contributed by atoms with van der Waals surface area (Å²) in [5.74, 6) is -1.43. The second-order valence-electron chi connectivity index (χ2n) is 8.15. The molecule has 2 saturated heterocycles. The number of hydrogen-bond acceptors (Lipinski definition) is 4. The van der Waals surface area contributed by atoms with Gasteiger partial charge in [-0.2, -0.15) is 0 Å². The van der Waals surface area contributed by atoms with Crippen LogP contribution in [-0.4, -0.2) is 69.3 Å². The lowest BCUT2D eigenvalue weighted by molar-refractivity contribution is -0.141. The standard InChI is InChI=1S/C20H25N3O5/c1-20(2,11-17(25)26)10-16(24)21-8-9-22-15(13-21)18(27)23(19(22)28)12-14-6-4-3-5-7-14/h3-7,15H,8-13H2,1-2H3,(H,25,26). The predicted octanol–water partition coefficient (Wildman–Crippen LogP) is 1.55. The number of hydrogen-bond donors (Lipinski definition) is 1. The molecular weight excluding hydrogens is 362 g/mol. The largest absolute Gasteiger partial charge is 0.481 e. The quantitative estimate of drug-likeness (QED) is 0.747. The molecule has 0 saturated carbocycles. The van der Waals surface area contributed by atoms with Gasteiger partial charge in [0.05, 0.1) is 19.5 Å². The predicted molar refractivity (Wildman–Crippen MR) is 100 cm³/mol. The number of carbonyl (C=O) groups excluding carboxylic acids is 3. The van der Waals surface area contributed by atoms with Crippen molar-refractivity contribution in [3.05, 3.63) is 35.9 Å². The van der Waals surface area contributed by atoms with Crippen molar-refractivity contribution in [2.24, 2.45) is 5.41 Å². The van der Waals surface area contributed by atoms with E-state index in [0.717, 1.165) is 5.56 Å². The molecule has 1 N–H and O–H groups in total. The van der Waals surface area contributed by atoms with Crippen molar-refractivity contribution in [3.63, 3.8) is 0 Å². The maximum absolute atomic E-state index is 12.8. The third-order valence-electron chi connectivity index (χ3n) is 5.20. The molecule has 2 aliphatic rings. The lowest BCUT2D eigenvalue weighted by atomic mass is 9.85. The highest BCUT2D eigenvalue weighted by molar-refractivity contribution is 6.04. The zero-order chi connectivity index (χ0) is 20.5. The van der Waals surface area contributed by atoms with Gasteiger partial charge in [-0.25, -0.2) is 4.79 Å². The van der Waals surface area contributed by atoms with Crippen molar-refractivity contribution in [1.82, 2.24) is 14.7 Å². The van der Waals surface area contributed by atoms with Crippen molar-refractivity contribution in [1.29, 1.82) is 0 Å². The number of carbonyl (C=O) groups is 4. The summed E-state index contributed by atoms with van der Waals surface area (Å²) in [7, 11) is 0. The van der Waals surface area contributed by atoms with Crippen molar-refractivity contribution in [2.75, 3.05) is 19.6 Å². The van der Waals surface area contributed by atoms with Crippen molar-refractivity contribution >= 4 is 23.8 Å². The van der Waals surface area contributed by atoms with Gasteiger partial charge in [0.1, 0.15) is 6.04 Å². The van der Waals surface area contributed by atoms with Crippen LogP contribution in [0.25, 0.3) is 0 Å². The summed E-state index contributed by atoms with van der Waals surface area (Å²) in [6.45, 7) is 4.48. The molecule has 150 valence electrons. The summed E-state index contributed by atoms with van der Waals surface area (Å²) >= 11 is 0. The molecular formula is C20H25N3O5. The van der Waals surface area contributed by atoms with Gasteiger partial charge in [0, 0.05) is 19.5 Å². The summed E-state index contributed by atoms with van der Waals surface area (Å²) in [5, 5.41) is 8.99. The summed E-state index contributed by atoms with van der Waals surface area (Å²) < 4.78 is 0. The fourth-order valence-electron chi connectivity index (χ4n) is 3.78. The van der Waals surface area contributed by atoms with Crippen LogP contribution in [0.2, 0.25) is 0 Å². The Labute approximate surface area is 163 Å². The minimum Gasteiger partial charge on any atom is -0.481 e. The Morgan fingerprint density at radius 1 is 1.11 bits per heavy atom. The molecule has 8 nitrogen and oxygen atoms in total. The monoisotopic (exact) mass is 387 g/mol. The van der Waals surface area contributed by atoms with Gasteiger partial charge in [-0.05, 0) is 11.0 Å². The van der Waals surface area contributed by atoms with Crippen LogP contribution in [0.5, 0.6) is 0 Å². The molecule has 0 bridgehead atoms. The highest BCUT2D eigenvalue weighted by atomic mass is 16.4.